The topological polar surface area (TPSA) is 111 Å². The molecule has 0 radical (unpaired) electrons. The molecular formula is C19H24N4O5S3. The van der Waals surface area contributed by atoms with Gasteiger partial charge in [0.2, 0.25) is 15.2 Å². The first-order chi connectivity index (χ1) is 15.0. The highest BCUT2D eigenvalue weighted by molar-refractivity contribution is 8.01. The van der Waals surface area contributed by atoms with Crippen LogP contribution >= 0.6 is 23.1 Å². The number of carbonyl (C=O) groups is 1. The van der Waals surface area contributed by atoms with Crippen LogP contribution in [0.25, 0.3) is 0 Å². The smallest absolute Gasteiger partial charge is 0.243 e. The van der Waals surface area contributed by atoms with Crippen LogP contribution in [0.4, 0.5) is 5.13 Å². The summed E-state index contributed by atoms with van der Waals surface area (Å²) in [5.74, 6) is 0.111. The van der Waals surface area contributed by atoms with Gasteiger partial charge in [-0.2, -0.15) is 4.31 Å². The van der Waals surface area contributed by atoms with Crippen molar-refractivity contribution >= 4 is 44.0 Å². The van der Waals surface area contributed by atoms with Crippen molar-refractivity contribution in [3.63, 3.8) is 0 Å². The molecule has 1 unspecified atom stereocenters. The van der Waals surface area contributed by atoms with Crippen molar-refractivity contribution in [1.82, 2.24) is 14.5 Å². The molecule has 0 aliphatic carbocycles. The van der Waals surface area contributed by atoms with Crippen LogP contribution in [0.2, 0.25) is 0 Å². The molecule has 2 aromatic rings. The van der Waals surface area contributed by atoms with Gasteiger partial charge in [-0.1, -0.05) is 35.2 Å². The Morgan fingerprint density at radius 1 is 1.19 bits per heavy atom. The lowest BCUT2D eigenvalue weighted by molar-refractivity contribution is 0.0730. The summed E-state index contributed by atoms with van der Waals surface area (Å²) in [6, 6.07) is 6.09. The average molecular weight is 485 g/mol. The summed E-state index contributed by atoms with van der Waals surface area (Å²) in [6.07, 6.45) is 2.36. The number of thioether (sulfide) groups is 1. The minimum Gasteiger partial charge on any atom is -0.379 e. The number of rotatable bonds is 9. The number of benzene rings is 1. The minimum atomic E-state index is -3.56. The van der Waals surface area contributed by atoms with Crippen molar-refractivity contribution in [3.05, 3.63) is 29.8 Å². The molecule has 0 saturated carbocycles. The highest BCUT2D eigenvalue weighted by Crippen LogP contribution is 2.27. The van der Waals surface area contributed by atoms with E-state index in [4.69, 9.17) is 9.47 Å². The van der Waals surface area contributed by atoms with Crippen molar-refractivity contribution < 1.29 is 22.7 Å². The fraction of sp³-hybridized carbons (Fsp3) is 0.526. The third-order valence-electron chi connectivity index (χ3n) is 5.02. The third-order valence-corrected chi connectivity index (χ3v) is 8.95. The fourth-order valence-corrected chi connectivity index (χ4v) is 6.37. The maximum atomic E-state index is 12.7. The summed E-state index contributed by atoms with van der Waals surface area (Å²) in [7, 11) is -3.56. The second-order valence-electron chi connectivity index (χ2n) is 7.14. The number of hydrogen-bond acceptors (Lipinski definition) is 10. The minimum absolute atomic E-state index is 0.0932. The molecule has 1 aromatic heterocycles. The van der Waals surface area contributed by atoms with Gasteiger partial charge >= 0.3 is 0 Å². The van der Waals surface area contributed by atoms with E-state index in [0.29, 0.717) is 47.9 Å². The van der Waals surface area contributed by atoms with Crippen molar-refractivity contribution in [3.8, 4) is 0 Å². The lowest BCUT2D eigenvalue weighted by Crippen LogP contribution is -2.40. The molecule has 2 saturated heterocycles. The van der Waals surface area contributed by atoms with Crippen LogP contribution in [-0.2, 0) is 19.5 Å². The first-order valence-corrected chi connectivity index (χ1v) is 13.3. The van der Waals surface area contributed by atoms with E-state index < -0.39 is 10.0 Å². The summed E-state index contributed by atoms with van der Waals surface area (Å²) in [5, 5.41) is 12.1. The molecule has 2 aliphatic heterocycles. The van der Waals surface area contributed by atoms with E-state index in [1.54, 1.807) is 12.1 Å². The molecule has 2 aliphatic rings. The van der Waals surface area contributed by atoms with E-state index in [0.717, 1.165) is 19.4 Å². The van der Waals surface area contributed by atoms with Gasteiger partial charge in [0, 0.05) is 31.8 Å². The van der Waals surface area contributed by atoms with Gasteiger partial charge in [0.05, 0.1) is 30.0 Å². The predicted octanol–water partition coefficient (Wildman–Crippen LogP) is 2.12. The maximum absolute atomic E-state index is 12.7. The van der Waals surface area contributed by atoms with Gasteiger partial charge < -0.3 is 14.8 Å². The second-order valence-corrected chi connectivity index (χ2v) is 11.3. The summed E-state index contributed by atoms with van der Waals surface area (Å²) in [5.41, 5.74) is 0.467. The maximum Gasteiger partial charge on any atom is 0.243 e. The number of sulfonamides is 1. The molecular weight excluding hydrogens is 460 g/mol. The van der Waals surface area contributed by atoms with E-state index in [1.807, 2.05) is 0 Å². The Morgan fingerprint density at radius 3 is 2.68 bits per heavy atom. The number of Topliss-reactive ketones (excluding diaryl/α,β-unsaturated/α-hetero) is 1. The number of hydrogen-bond donors (Lipinski definition) is 1. The van der Waals surface area contributed by atoms with Crippen LogP contribution in [0, 0.1) is 0 Å². The normalized spacial score (nSPS) is 20.1. The zero-order valence-electron chi connectivity index (χ0n) is 16.9. The molecule has 2 fully saturated rings. The Hall–Kier alpha value is -1.57. The largest absolute Gasteiger partial charge is 0.379 e. The van der Waals surface area contributed by atoms with Gasteiger partial charge in [-0.05, 0) is 25.0 Å². The van der Waals surface area contributed by atoms with Crippen molar-refractivity contribution in [1.29, 1.82) is 0 Å². The predicted molar refractivity (Wildman–Crippen MR) is 118 cm³/mol. The Balaban J connectivity index is 1.29. The molecule has 9 nitrogen and oxygen atoms in total. The van der Waals surface area contributed by atoms with Crippen LogP contribution in [0.15, 0.2) is 33.5 Å². The Kier molecular flexibility index (Phi) is 7.56. The lowest BCUT2D eigenvalue weighted by atomic mass is 10.1. The SMILES string of the molecule is O=C(CSc1nnc(NCC2CCCO2)s1)c1ccc(S(=O)(=O)N2CCOCC2)cc1. The zero-order chi connectivity index (χ0) is 21.7. The van der Waals surface area contributed by atoms with Gasteiger partial charge in [-0.3, -0.25) is 4.79 Å². The number of nitrogens with one attached hydrogen (secondary N) is 1. The monoisotopic (exact) mass is 484 g/mol. The summed E-state index contributed by atoms with van der Waals surface area (Å²) < 4.78 is 38.2. The summed E-state index contributed by atoms with van der Waals surface area (Å²) in [4.78, 5) is 12.7. The van der Waals surface area contributed by atoms with Gasteiger partial charge in [0.15, 0.2) is 10.1 Å². The molecule has 0 amide bonds. The summed E-state index contributed by atoms with van der Waals surface area (Å²) in [6.45, 7) is 2.98. The van der Waals surface area contributed by atoms with Crippen LogP contribution < -0.4 is 5.32 Å². The van der Waals surface area contributed by atoms with E-state index >= 15 is 0 Å². The molecule has 1 atom stereocenters. The van der Waals surface area contributed by atoms with Crippen molar-refractivity contribution in [2.45, 2.75) is 28.2 Å². The molecule has 1 aromatic carbocycles. The molecule has 0 spiro atoms. The number of nitrogens with zero attached hydrogens (tertiary/aromatic N) is 3. The quantitative estimate of drug-likeness (QED) is 0.423. The standard InChI is InChI=1S/C19H24N4O5S3/c24-17(13-29-19-22-21-18(30-19)20-12-15-2-1-9-28-15)14-3-5-16(6-4-14)31(25,26)23-7-10-27-11-8-23/h3-6,15H,1-2,7-13H2,(H,20,21). The van der Waals surface area contributed by atoms with E-state index in [1.165, 1.54) is 39.5 Å². The molecule has 0 bridgehead atoms. The third kappa shape index (κ3) is 5.82. The first-order valence-electron chi connectivity index (χ1n) is 10.1. The highest BCUT2D eigenvalue weighted by Gasteiger charge is 2.26. The van der Waals surface area contributed by atoms with Crippen molar-refractivity contribution in [2.75, 3.05) is 50.5 Å². The molecule has 168 valence electrons. The molecule has 4 rings (SSSR count). The first kappa shape index (κ1) is 22.6. The molecule has 31 heavy (non-hydrogen) atoms. The summed E-state index contributed by atoms with van der Waals surface area (Å²) >= 11 is 2.72. The van der Waals surface area contributed by atoms with E-state index in [2.05, 4.69) is 15.5 Å². The zero-order valence-corrected chi connectivity index (χ0v) is 19.3. The number of morpholine rings is 1. The Bertz CT molecular complexity index is 984. The fourth-order valence-electron chi connectivity index (χ4n) is 3.31. The second kappa shape index (κ2) is 10.4. The van der Waals surface area contributed by atoms with Crippen LogP contribution in [0.1, 0.15) is 23.2 Å². The molecule has 1 N–H and O–H groups in total. The van der Waals surface area contributed by atoms with Gasteiger partial charge in [0.1, 0.15) is 0 Å². The number of carbonyl (C=O) groups excluding carboxylic acids is 1. The molecule has 12 heteroatoms. The van der Waals surface area contributed by atoms with Gasteiger partial charge in [0.25, 0.3) is 0 Å². The van der Waals surface area contributed by atoms with E-state index in [9.17, 15) is 13.2 Å². The highest BCUT2D eigenvalue weighted by atomic mass is 32.2. The Labute approximate surface area is 189 Å². The Morgan fingerprint density at radius 2 is 1.97 bits per heavy atom. The number of ether oxygens (including phenoxy) is 2. The lowest BCUT2D eigenvalue weighted by Gasteiger charge is -2.26. The van der Waals surface area contributed by atoms with Crippen molar-refractivity contribution in [2.24, 2.45) is 0 Å². The van der Waals surface area contributed by atoms with Gasteiger partial charge in [-0.25, -0.2) is 8.42 Å². The average Bonchev–Trinajstić information content (AvgIpc) is 3.49. The van der Waals surface area contributed by atoms with Crippen LogP contribution in [0.3, 0.4) is 0 Å². The number of aromatic nitrogens is 2. The van der Waals surface area contributed by atoms with Crippen LogP contribution in [-0.4, -0.2) is 80.0 Å². The van der Waals surface area contributed by atoms with Gasteiger partial charge in [-0.15, -0.1) is 10.2 Å². The van der Waals surface area contributed by atoms with Crippen LogP contribution in [0.5, 0.6) is 0 Å². The molecule has 3 heterocycles. The number of anilines is 1. The van der Waals surface area contributed by atoms with E-state index in [-0.39, 0.29) is 22.5 Å². The number of ketones is 1.